The number of hydrogen-bond donors (Lipinski definition) is 1. The largest absolute Gasteiger partial charge is 0.341 e. The molecule has 1 aromatic carbocycles. The van der Waals surface area contributed by atoms with Gasteiger partial charge >= 0.3 is 0 Å². The lowest BCUT2D eigenvalue weighted by Crippen LogP contribution is -2.45. The predicted octanol–water partition coefficient (Wildman–Crippen LogP) is 1.60. The molecule has 0 bridgehead atoms. The van der Waals surface area contributed by atoms with Gasteiger partial charge < -0.3 is 10.6 Å². The second-order valence-electron chi connectivity index (χ2n) is 6.13. The second kappa shape index (κ2) is 9.47. The molecule has 0 spiro atoms. The van der Waals surface area contributed by atoms with Crippen molar-refractivity contribution in [1.29, 1.82) is 0 Å². The van der Waals surface area contributed by atoms with Crippen molar-refractivity contribution in [3.05, 3.63) is 30.1 Å². The van der Waals surface area contributed by atoms with Gasteiger partial charge in [0.15, 0.2) is 0 Å². The number of rotatable bonds is 6. The van der Waals surface area contributed by atoms with Crippen LogP contribution in [0.1, 0.15) is 25.7 Å². The lowest BCUT2D eigenvalue weighted by molar-refractivity contribution is -0.132. The topological polar surface area (TPSA) is 83.7 Å². The standard InChI is InChI=1S/C16H24FN3O3S.ClH/c1-19(24(22,23)15-8-6-13(17)7-9-15)10-3-5-16(21)20-11-2-4-14(18)12-20;/h6-9,14H,2-5,10-12,18H2,1H3;1H. The Bertz CT molecular complexity index is 670. The molecule has 1 heterocycles. The molecule has 6 nitrogen and oxygen atoms in total. The highest BCUT2D eigenvalue weighted by atomic mass is 35.5. The Balaban J connectivity index is 0.00000312. The Morgan fingerprint density at radius 3 is 2.60 bits per heavy atom. The van der Waals surface area contributed by atoms with E-state index in [1.807, 2.05) is 0 Å². The first-order valence-corrected chi connectivity index (χ1v) is 9.50. The van der Waals surface area contributed by atoms with E-state index in [-0.39, 0.29) is 42.2 Å². The summed E-state index contributed by atoms with van der Waals surface area (Å²) in [4.78, 5) is 13.9. The van der Waals surface area contributed by atoms with Crippen LogP contribution in [0.25, 0.3) is 0 Å². The van der Waals surface area contributed by atoms with Gasteiger partial charge in [0.1, 0.15) is 5.82 Å². The summed E-state index contributed by atoms with van der Waals surface area (Å²) in [5.41, 5.74) is 5.86. The van der Waals surface area contributed by atoms with Crippen molar-refractivity contribution < 1.29 is 17.6 Å². The Morgan fingerprint density at radius 1 is 1.36 bits per heavy atom. The van der Waals surface area contributed by atoms with Gasteiger partial charge in [-0.15, -0.1) is 12.4 Å². The highest BCUT2D eigenvalue weighted by molar-refractivity contribution is 7.89. The van der Waals surface area contributed by atoms with Crippen LogP contribution in [0.5, 0.6) is 0 Å². The molecule has 1 unspecified atom stereocenters. The van der Waals surface area contributed by atoms with E-state index in [9.17, 15) is 17.6 Å². The monoisotopic (exact) mass is 393 g/mol. The maximum absolute atomic E-state index is 12.9. The van der Waals surface area contributed by atoms with E-state index in [1.54, 1.807) is 4.90 Å². The van der Waals surface area contributed by atoms with Crippen molar-refractivity contribution in [3.63, 3.8) is 0 Å². The van der Waals surface area contributed by atoms with Gasteiger partial charge in [0.2, 0.25) is 15.9 Å². The van der Waals surface area contributed by atoms with Gasteiger partial charge in [-0.2, -0.15) is 0 Å². The zero-order valence-electron chi connectivity index (χ0n) is 14.2. The van der Waals surface area contributed by atoms with Gasteiger partial charge in [-0.25, -0.2) is 17.1 Å². The minimum absolute atomic E-state index is 0. The van der Waals surface area contributed by atoms with Crippen LogP contribution in [0.15, 0.2) is 29.2 Å². The summed E-state index contributed by atoms with van der Waals surface area (Å²) in [7, 11) is -2.21. The lowest BCUT2D eigenvalue weighted by Gasteiger charge is -2.31. The van der Waals surface area contributed by atoms with E-state index in [1.165, 1.54) is 23.5 Å². The molecule has 1 saturated heterocycles. The van der Waals surface area contributed by atoms with Crippen molar-refractivity contribution >= 4 is 28.3 Å². The third kappa shape index (κ3) is 5.91. The molecule has 0 aromatic heterocycles. The van der Waals surface area contributed by atoms with Gasteiger partial charge in [0.25, 0.3) is 0 Å². The fourth-order valence-electron chi connectivity index (χ4n) is 2.75. The van der Waals surface area contributed by atoms with E-state index in [4.69, 9.17) is 5.73 Å². The quantitative estimate of drug-likeness (QED) is 0.795. The molecule has 0 radical (unpaired) electrons. The van der Waals surface area contributed by atoms with Crippen molar-refractivity contribution in [2.75, 3.05) is 26.7 Å². The summed E-state index contributed by atoms with van der Waals surface area (Å²) >= 11 is 0. The first-order valence-electron chi connectivity index (χ1n) is 8.06. The van der Waals surface area contributed by atoms with Gasteiger partial charge in [-0.3, -0.25) is 4.79 Å². The van der Waals surface area contributed by atoms with Crippen LogP contribution in [0.4, 0.5) is 4.39 Å². The summed E-state index contributed by atoms with van der Waals surface area (Å²) in [6, 6.07) is 4.74. The van der Waals surface area contributed by atoms with Crippen LogP contribution in [0, 0.1) is 5.82 Å². The third-order valence-electron chi connectivity index (χ3n) is 4.20. The summed E-state index contributed by atoms with van der Waals surface area (Å²) < 4.78 is 38.8. The summed E-state index contributed by atoms with van der Waals surface area (Å²) in [6.07, 6.45) is 2.56. The average Bonchev–Trinajstić information content (AvgIpc) is 2.55. The zero-order valence-corrected chi connectivity index (χ0v) is 15.9. The molecule has 2 rings (SSSR count). The number of nitrogens with two attached hydrogens (primary N) is 1. The van der Waals surface area contributed by atoms with E-state index in [2.05, 4.69) is 0 Å². The van der Waals surface area contributed by atoms with E-state index >= 15 is 0 Å². The highest BCUT2D eigenvalue weighted by Crippen LogP contribution is 2.16. The predicted molar refractivity (Wildman–Crippen MR) is 96.5 cm³/mol. The molecule has 25 heavy (non-hydrogen) atoms. The van der Waals surface area contributed by atoms with Gasteiger partial charge in [0, 0.05) is 39.1 Å². The highest BCUT2D eigenvalue weighted by Gasteiger charge is 2.23. The number of nitrogens with zero attached hydrogens (tertiary/aromatic N) is 2. The SMILES string of the molecule is CN(CCCC(=O)N1CCCC(N)C1)S(=O)(=O)c1ccc(F)cc1.Cl. The number of hydrogen-bond acceptors (Lipinski definition) is 4. The van der Waals surface area contributed by atoms with E-state index in [0.29, 0.717) is 13.0 Å². The zero-order chi connectivity index (χ0) is 17.7. The van der Waals surface area contributed by atoms with Crippen molar-refractivity contribution in [2.24, 2.45) is 5.73 Å². The van der Waals surface area contributed by atoms with Crippen molar-refractivity contribution in [3.8, 4) is 0 Å². The summed E-state index contributed by atoms with van der Waals surface area (Å²) in [5, 5.41) is 0. The number of likely N-dealkylation sites (tertiary alicyclic amines) is 1. The fourth-order valence-corrected chi connectivity index (χ4v) is 3.96. The first kappa shape index (κ1) is 21.8. The molecule has 142 valence electrons. The number of carbonyl (C=O) groups excluding carboxylic acids is 1. The van der Waals surface area contributed by atoms with Gasteiger partial charge in [-0.05, 0) is 43.5 Å². The molecule has 1 fully saturated rings. The Labute approximate surface area is 154 Å². The van der Waals surface area contributed by atoms with Crippen LogP contribution >= 0.6 is 12.4 Å². The minimum Gasteiger partial charge on any atom is -0.341 e. The van der Waals surface area contributed by atoms with Gasteiger partial charge in [0.05, 0.1) is 4.90 Å². The molecule has 9 heteroatoms. The second-order valence-corrected chi connectivity index (χ2v) is 8.17. The van der Waals surface area contributed by atoms with Crippen LogP contribution in [-0.4, -0.2) is 56.3 Å². The maximum atomic E-state index is 12.9. The van der Waals surface area contributed by atoms with Crippen LogP contribution < -0.4 is 5.73 Å². The normalized spacial score (nSPS) is 18.1. The number of carbonyl (C=O) groups is 1. The van der Waals surface area contributed by atoms with Crippen LogP contribution in [-0.2, 0) is 14.8 Å². The number of benzene rings is 1. The smallest absolute Gasteiger partial charge is 0.242 e. The van der Waals surface area contributed by atoms with Crippen molar-refractivity contribution in [2.45, 2.75) is 36.6 Å². The molecule has 1 atom stereocenters. The molecular formula is C16H25ClFN3O3S. The minimum atomic E-state index is -3.67. The lowest BCUT2D eigenvalue weighted by atomic mass is 10.1. The van der Waals surface area contributed by atoms with Crippen LogP contribution in [0.2, 0.25) is 0 Å². The molecule has 1 aromatic rings. The number of sulfonamides is 1. The summed E-state index contributed by atoms with van der Waals surface area (Å²) in [5.74, 6) is -0.473. The Morgan fingerprint density at radius 2 is 2.00 bits per heavy atom. The van der Waals surface area contributed by atoms with E-state index in [0.717, 1.165) is 31.5 Å². The average molecular weight is 394 g/mol. The number of piperidine rings is 1. The molecule has 0 aliphatic carbocycles. The molecule has 1 aliphatic rings. The molecule has 1 aliphatic heterocycles. The number of amides is 1. The maximum Gasteiger partial charge on any atom is 0.242 e. The molecular weight excluding hydrogens is 369 g/mol. The van der Waals surface area contributed by atoms with Crippen LogP contribution in [0.3, 0.4) is 0 Å². The van der Waals surface area contributed by atoms with E-state index < -0.39 is 15.8 Å². The molecule has 0 saturated carbocycles. The fraction of sp³-hybridized carbons (Fsp3) is 0.562. The van der Waals surface area contributed by atoms with Crippen molar-refractivity contribution in [1.82, 2.24) is 9.21 Å². The third-order valence-corrected chi connectivity index (χ3v) is 6.07. The number of halogens is 2. The molecule has 1 amide bonds. The Hall–Kier alpha value is -1.22. The summed E-state index contributed by atoms with van der Waals surface area (Å²) in [6.45, 7) is 1.52. The first-order chi connectivity index (χ1) is 11.3. The Kier molecular flexibility index (Phi) is 8.27. The van der Waals surface area contributed by atoms with Gasteiger partial charge in [-0.1, -0.05) is 0 Å². The molecule has 2 N–H and O–H groups in total.